The molecule has 3 rings (SSSR count). The first-order chi connectivity index (χ1) is 10.8. The minimum atomic E-state index is 0. The molecular formula is C15H25ClN6O. The Hall–Kier alpha value is -1.60. The number of rotatable bonds is 6. The van der Waals surface area contributed by atoms with Crippen molar-refractivity contribution in [1.82, 2.24) is 24.8 Å². The highest BCUT2D eigenvalue weighted by Gasteiger charge is 2.17. The van der Waals surface area contributed by atoms with Gasteiger partial charge in [-0.25, -0.2) is 4.98 Å². The highest BCUT2D eigenvalue weighted by Crippen LogP contribution is 2.21. The quantitative estimate of drug-likeness (QED) is 0.782. The number of aromatic nitrogens is 4. The van der Waals surface area contributed by atoms with Crippen molar-refractivity contribution in [3.63, 3.8) is 0 Å². The zero-order chi connectivity index (χ0) is 15.4. The molecule has 128 valence electrons. The third-order valence-electron chi connectivity index (χ3n) is 4.05. The number of imidazole rings is 1. The van der Waals surface area contributed by atoms with Crippen molar-refractivity contribution in [3.8, 4) is 6.01 Å². The lowest BCUT2D eigenvalue weighted by atomic mass is 10.00. The summed E-state index contributed by atoms with van der Waals surface area (Å²) >= 11 is 0. The first-order valence-corrected chi connectivity index (χ1v) is 8.09. The Bertz CT molecular complexity index is 626. The van der Waals surface area contributed by atoms with Crippen LogP contribution in [-0.2, 0) is 6.54 Å². The lowest BCUT2D eigenvalue weighted by molar-refractivity contribution is 0.286. The first-order valence-electron chi connectivity index (χ1n) is 8.09. The zero-order valence-electron chi connectivity index (χ0n) is 13.5. The van der Waals surface area contributed by atoms with E-state index in [0.29, 0.717) is 29.9 Å². The van der Waals surface area contributed by atoms with E-state index in [2.05, 4.69) is 31.8 Å². The van der Waals surface area contributed by atoms with Crippen LogP contribution in [0.15, 0.2) is 6.33 Å². The average Bonchev–Trinajstić information content (AvgIpc) is 2.92. The Labute approximate surface area is 142 Å². The van der Waals surface area contributed by atoms with Crippen LogP contribution >= 0.6 is 12.4 Å². The monoisotopic (exact) mass is 340 g/mol. The summed E-state index contributed by atoms with van der Waals surface area (Å²) in [5, 5.41) is 3.44. The lowest BCUT2D eigenvalue weighted by Gasteiger charge is -2.23. The Kier molecular flexibility index (Phi) is 6.41. The SMILES string of the molecule is CCCCOc1nc(N)c2ncn(C[C@H]3CCCNC3)c2n1.Cl. The second kappa shape index (κ2) is 8.31. The number of nitrogens with two attached hydrogens (primary N) is 1. The Morgan fingerprint density at radius 1 is 1.43 bits per heavy atom. The molecule has 0 aliphatic carbocycles. The van der Waals surface area contributed by atoms with Gasteiger partial charge in [-0.05, 0) is 38.3 Å². The molecule has 0 aromatic carbocycles. The molecule has 0 bridgehead atoms. The van der Waals surface area contributed by atoms with Crippen molar-refractivity contribution < 1.29 is 4.74 Å². The van der Waals surface area contributed by atoms with E-state index in [1.165, 1.54) is 12.8 Å². The molecule has 0 saturated carbocycles. The van der Waals surface area contributed by atoms with Gasteiger partial charge in [-0.15, -0.1) is 12.4 Å². The van der Waals surface area contributed by atoms with Gasteiger partial charge in [-0.2, -0.15) is 9.97 Å². The molecule has 0 amide bonds. The molecule has 3 heterocycles. The summed E-state index contributed by atoms with van der Waals surface area (Å²) < 4.78 is 7.66. The molecule has 23 heavy (non-hydrogen) atoms. The summed E-state index contributed by atoms with van der Waals surface area (Å²) in [4.78, 5) is 13.0. The van der Waals surface area contributed by atoms with Crippen LogP contribution in [-0.4, -0.2) is 39.2 Å². The van der Waals surface area contributed by atoms with Gasteiger partial charge in [0.2, 0.25) is 0 Å². The van der Waals surface area contributed by atoms with E-state index < -0.39 is 0 Å². The van der Waals surface area contributed by atoms with Crippen molar-refractivity contribution in [2.75, 3.05) is 25.4 Å². The smallest absolute Gasteiger partial charge is 0.320 e. The number of halogens is 1. The molecule has 2 aromatic rings. The van der Waals surface area contributed by atoms with Crippen LogP contribution < -0.4 is 15.8 Å². The van der Waals surface area contributed by atoms with Crippen molar-refractivity contribution in [2.45, 2.75) is 39.2 Å². The number of hydrogen-bond donors (Lipinski definition) is 2. The predicted molar refractivity (Wildman–Crippen MR) is 93.0 cm³/mol. The van der Waals surface area contributed by atoms with Crippen LogP contribution in [0.2, 0.25) is 0 Å². The summed E-state index contributed by atoms with van der Waals surface area (Å²) in [6, 6.07) is 0.349. The molecule has 1 aliphatic rings. The van der Waals surface area contributed by atoms with E-state index in [4.69, 9.17) is 10.5 Å². The average molecular weight is 341 g/mol. The number of nitrogens with zero attached hydrogens (tertiary/aromatic N) is 4. The Morgan fingerprint density at radius 2 is 2.30 bits per heavy atom. The molecule has 1 fully saturated rings. The predicted octanol–water partition coefficient (Wildman–Crippen LogP) is 2.01. The van der Waals surface area contributed by atoms with Crippen molar-refractivity contribution >= 4 is 29.4 Å². The van der Waals surface area contributed by atoms with Crippen molar-refractivity contribution in [3.05, 3.63) is 6.33 Å². The number of piperidine rings is 1. The molecule has 8 heteroatoms. The molecule has 7 nitrogen and oxygen atoms in total. The van der Waals surface area contributed by atoms with Gasteiger partial charge in [0, 0.05) is 6.54 Å². The maximum absolute atomic E-state index is 5.99. The summed E-state index contributed by atoms with van der Waals surface area (Å²) in [5.41, 5.74) is 7.42. The van der Waals surface area contributed by atoms with E-state index >= 15 is 0 Å². The second-order valence-electron chi connectivity index (χ2n) is 5.87. The molecule has 2 aromatic heterocycles. The normalized spacial score (nSPS) is 17.9. The molecule has 0 radical (unpaired) electrons. The van der Waals surface area contributed by atoms with Crippen molar-refractivity contribution in [2.24, 2.45) is 5.92 Å². The zero-order valence-corrected chi connectivity index (χ0v) is 14.3. The maximum Gasteiger partial charge on any atom is 0.320 e. The summed E-state index contributed by atoms with van der Waals surface area (Å²) in [5.74, 6) is 0.990. The van der Waals surface area contributed by atoms with Crippen LogP contribution in [0.4, 0.5) is 5.82 Å². The van der Waals surface area contributed by atoms with Crippen LogP contribution in [0.5, 0.6) is 6.01 Å². The fraction of sp³-hybridized carbons (Fsp3) is 0.667. The molecular weight excluding hydrogens is 316 g/mol. The highest BCUT2D eigenvalue weighted by molar-refractivity contribution is 5.85. The minimum Gasteiger partial charge on any atom is -0.463 e. The number of ether oxygens (including phenoxy) is 1. The second-order valence-corrected chi connectivity index (χ2v) is 5.87. The van der Waals surface area contributed by atoms with Gasteiger partial charge < -0.3 is 20.4 Å². The maximum atomic E-state index is 5.99. The highest BCUT2D eigenvalue weighted by atomic mass is 35.5. The van der Waals surface area contributed by atoms with Gasteiger partial charge in [0.15, 0.2) is 17.0 Å². The van der Waals surface area contributed by atoms with E-state index in [1.54, 1.807) is 6.33 Å². The van der Waals surface area contributed by atoms with Crippen LogP contribution in [0.3, 0.4) is 0 Å². The number of hydrogen-bond acceptors (Lipinski definition) is 6. The molecule has 1 aliphatic heterocycles. The molecule has 0 unspecified atom stereocenters. The Morgan fingerprint density at radius 3 is 3.04 bits per heavy atom. The van der Waals surface area contributed by atoms with Gasteiger partial charge in [-0.3, -0.25) is 0 Å². The minimum absolute atomic E-state index is 0. The van der Waals surface area contributed by atoms with Gasteiger partial charge in [0.1, 0.15) is 0 Å². The number of anilines is 1. The van der Waals surface area contributed by atoms with Crippen LogP contribution in [0.25, 0.3) is 11.2 Å². The summed E-state index contributed by atoms with van der Waals surface area (Å²) in [7, 11) is 0. The number of nitrogen functional groups attached to an aromatic ring is 1. The van der Waals surface area contributed by atoms with Crippen molar-refractivity contribution in [1.29, 1.82) is 0 Å². The van der Waals surface area contributed by atoms with Crippen LogP contribution in [0, 0.1) is 5.92 Å². The standard InChI is InChI=1S/C15H24N6O.ClH/c1-2-3-7-22-15-19-13(16)12-14(20-15)21(10-18-12)9-11-5-4-6-17-8-11;/h10-11,17H,2-9H2,1H3,(H2,16,19,20);1H/t11-;/m0./s1. The largest absolute Gasteiger partial charge is 0.463 e. The summed E-state index contributed by atoms with van der Waals surface area (Å²) in [6.07, 6.45) is 6.31. The van der Waals surface area contributed by atoms with Gasteiger partial charge in [0.25, 0.3) is 0 Å². The molecule has 1 atom stereocenters. The van der Waals surface area contributed by atoms with Crippen LogP contribution in [0.1, 0.15) is 32.6 Å². The first kappa shape index (κ1) is 17.7. The summed E-state index contributed by atoms with van der Waals surface area (Å²) in [6.45, 7) is 5.79. The lowest BCUT2D eigenvalue weighted by Crippen LogP contribution is -2.32. The Balaban J connectivity index is 0.00000192. The third kappa shape index (κ3) is 4.23. The topological polar surface area (TPSA) is 90.9 Å². The van der Waals surface area contributed by atoms with E-state index in [-0.39, 0.29) is 12.4 Å². The molecule has 3 N–H and O–H groups in total. The molecule has 1 saturated heterocycles. The van der Waals surface area contributed by atoms with Gasteiger partial charge in [0.05, 0.1) is 12.9 Å². The van der Waals surface area contributed by atoms with E-state index in [0.717, 1.165) is 38.1 Å². The number of nitrogens with one attached hydrogen (secondary N) is 1. The molecule has 0 spiro atoms. The number of unbranched alkanes of at least 4 members (excludes halogenated alkanes) is 1. The van der Waals surface area contributed by atoms with E-state index in [9.17, 15) is 0 Å². The van der Waals surface area contributed by atoms with Gasteiger partial charge >= 0.3 is 6.01 Å². The number of fused-ring (bicyclic) bond motifs is 1. The van der Waals surface area contributed by atoms with E-state index in [1.807, 2.05) is 0 Å². The van der Waals surface area contributed by atoms with Gasteiger partial charge in [-0.1, -0.05) is 13.3 Å². The fourth-order valence-electron chi connectivity index (χ4n) is 2.81. The third-order valence-corrected chi connectivity index (χ3v) is 4.05. The fourth-order valence-corrected chi connectivity index (χ4v) is 2.81.